The zero-order valence-corrected chi connectivity index (χ0v) is 15.6. The Labute approximate surface area is 151 Å². The Hall–Kier alpha value is -2.33. The summed E-state index contributed by atoms with van der Waals surface area (Å²) in [6.45, 7) is 6.07. The van der Waals surface area contributed by atoms with Crippen LogP contribution in [0.15, 0.2) is 54.6 Å². The number of carbonyl (C=O) groups is 1. The Morgan fingerprint density at radius 2 is 1.60 bits per heavy atom. The van der Waals surface area contributed by atoms with Gasteiger partial charge >= 0.3 is 0 Å². The number of amides is 1. The van der Waals surface area contributed by atoms with Gasteiger partial charge in [0.1, 0.15) is 5.75 Å². The predicted octanol–water partition coefficient (Wildman–Crippen LogP) is 3.56. The highest BCUT2D eigenvalue weighted by Gasteiger charge is 2.23. The summed E-state index contributed by atoms with van der Waals surface area (Å²) < 4.78 is 5.19. The van der Waals surface area contributed by atoms with Crippen LogP contribution < -0.4 is 4.74 Å². The molecule has 1 unspecified atom stereocenters. The molecule has 4 heteroatoms. The van der Waals surface area contributed by atoms with Gasteiger partial charge in [0.15, 0.2) is 0 Å². The van der Waals surface area contributed by atoms with Crippen LogP contribution in [0.4, 0.5) is 0 Å². The Morgan fingerprint density at radius 1 is 1.00 bits per heavy atom. The van der Waals surface area contributed by atoms with Gasteiger partial charge < -0.3 is 9.64 Å². The maximum absolute atomic E-state index is 12.9. The van der Waals surface area contributed by atoms with E-state index in [1.807, 2.05) is 68.3 Å². The number of rotatable bonds is 8. The molecule has 0 fully saturated rings. The van der Waals surface area contributed by atoms with E-state index in [1.165, 1.54) is 0 Å². The number of hydrogen-bond acceptors (Lipinski definition) is 3. The highest BCUT2D eigenvalue weighted by atomic mass is 16.5. The summed E-state index contributed by atoms with van der Waals surface area (Å²) in [6.07, 6.45) is 0. The first-order chi connectivity index (χ1) is 12.0. The first kappa shape index (κ1) is 19.0. The van der Waals surface area contributed by atoms with Crippen molar-refractivity contribution in [3.63, 3.8) is 0 Å². The molecule has 0 saturated heterocycles. The molecule has 0 heterocycles. The van der Waals surface area contributed by atoms with Gasteiger partial charge in [-0.15, -0.1) is 0 Å². The first-order valence-electron chi connectivity index (χ1n) is 8.71. The van der Waals surface area contributed by atoms with Crippen molar-refractivity contribution in [2.24, 2.45) is 0 Å². The molecule has 2 aromatic carbocycles. The number of nitrogens with zero attached hydrogens (tertiary/aromatic N) is 2. The highest BCUT2D eigenvalue weighted by molar-refractivity contribution is 5.81. The monoisotopic (exact) mass is 340 g/mol. The second-order valence-electron chi connectivity index (χ2n) is 6.28. The van der Waals surface area contributed by atoms with Gasteiger partial charge in [0.2, 0.25) is 5.91 Å². The normalized spacial score (nSPS) is 12.0. The molecule has 2 aromatic rings. The van der Waals surface area contributed by atoms with E-state index in [9.17, 15) is 4.79 Å². The predicted molar refractivity (Wildman–Crippen MR) is 101 cm³/mol. The molecule has 0 N–H and O–H groups in total. The van der Waals surface area contributed by atoms with E-state index in [0.29, 0.717) is 13.1 Å². The van der Waals surface area contributed by atoms with Crippen molar-refractivity contribution in [3.8, 4) is 5.75 Å². The fraction of sp³-hybridized carbons (Fsp3) is 0.381. The molecule has 0 bridgehead atoms. The van der Waals surface area contributed by atoms with E-state index in [2.05, 4.69) is 17.0 Å². The maximum atomic E-state index is 12.9. The van der Waals surface area contributed by atoms with Crippen LogP contribution in [0.25, 0.3) is 0 Å². The lowest BCUT2D eigenvalue weighted by Gasteiger charge is -2.30. The molecule has 4 nitrogen and oxygen atoms in total. The lowest BCUT2D eigenvalue weighted by atomic mass is 10.1. The van der Waals surface area contributed by atoms with Crippen LogP contribution >= 0.6 is 0 Å². The highest BCUT2D eigenvalue weighted by Crippen LogP contribution is 2.15. The SMILES string of the molecule is CCN(Cc1ccccc1)C(=O)C(C)N(C)Cc1ccc(OC)cc1. The molecular weight excluding hydrogens is 312 g/mol. The minimum atomic E-state index is -0.175. The molecule has 0 radical (unpaired) electrons. The Morgan fingerprint density at radius 3 is 2.16 bits per heavy atom. The second kappa shape index (κ2) is 9.23. The fourth-order valence-corrected chi connectivity index (χ4v) is 2.76. The number of ether oxygens (including phenoxy) is 1. The maximum Gasteiger partial charge on any atom is 0.239 e. The summed E-state index contributed by atoms with van der Waals surface area (Å²) >= 11 is 0. The summed E-state index contributed by atoms with van der Waals surface area (Å²) in [5, 5.41) is 0. The van der Waals surface area contributed by atoms with Crippen molar-refractivity contribution in [1.82, 2.24) is 9.80 Å². The fourth-order valence-electron chi connectivity index (χ4n) is 2.76. The minimum Gasteiger partial charge on any atom is -0.497 e. The average Bonchev–Trinajstić information content (AvgIpc) is 2.66. The summed E-state index contributed by atoms with van der Waals surface area (Å²) in [7, 11) is 3.65. The molecule has 1 atom stereocenters. The third-order valence-electron chi connectivity index (χ3n) is 4.52. The van der Waals surface area contributed by atoms with Gasteiger partial charge in [-0.25, -0.2) is 0 Å². The molecule has 0 spiro atoms. The first-order valence-corrected chi connectivity index (χ1v) is 8.71. The molecule has 25 heavy (non-hydrogen) atoms. The van der Waals surface area contributed by atoms with E-state index in [1.54, 1.807) is 7.11 Å². The summed E-state index contributed by atoms with van der Waals surface area (Å²) in [6, 6.07) is 17.9. The second-order valence-corrected chi connectivity index (χ2v) is 6.28. The van der Waals surface area contributed by atoms with Crippen LogP contribution in [0.5, 0.6) is 5.75 Å². The van der Waals surface area contributed by atoms with E-state index in [-0.39, 0.29) is 11.9 Å². The largest absolute Gasteiger partial charge is 0.497 e. The van der Waals surface area contributed by atoms with Gasteiger partial charge in [-0.3, -0.25) is 9.69 Å². The van der Waals surface area contributed by atoms with Crippen molar-refractivity contribution < 1.29 is 9.53 Å². The van der Waals surface area contributed by atoms with Crippen molar-refractivity contribution in [3.05, 3.63) is 65.7 Å². The molecule has 0 saturated carbocycles. The lowest BCUT2D eigenvalue weighted by molar-refractivity contribution is -0.136. The molecule has 1 amide bonds. The summed E-state index contributed by atoms with van der Waals surface area (Å²) in [5.74, 6) is 0.998. The lowest BCUT2D eigenvalue weighted by Crippen LogP contribution is -2.45. The smallest absolute Gasteiger partial charge is 0.239 e. The van der Waals surface area contributed by atoms with Crippen LogP contribution in [0.2, 0.25) is 0 Å². The zero-order valence-electron chi connectivity index (χ0n) is 15.6. The Kier molecular flexibility index (Phi) is 7.02. The van der Waals surface area contributed by atoms with E-state index in [0.717, 1.165) is 23.4 Å². The standard InChI is InChI=1S/C21H28N2O2/c1-5-23(16-18-9-7-6-8-10-18)21(24)17(2)22(3)15-19-11-13-20(25-4)14-12-19/h6-14,17H,5,15-16H2,1-4H3. The molecule has 2 rings (SSSR count). The Balaban J connectivity index is 1.98. The van der Waals surface area contributed by atoms with Crippen LogP contribution in [-0.4, -0.2) is 42.5 Å². The van der Waals surface area contributed by atoms with Crippen molar-refractivity contribution in [1.29, 1.82) is 0 Å². The van der Waals surface area contributed by atoms with Gasteiger partial charge in [0, 0.05) is 19.6 Å². The van der Waals surface area contributed by atoms with E-state index >= 15 is 0 Å². The van der Waals surface area contributed by atoms with Crippen molar-refractivity contribution >= 4 is 5.91 Å². The third-order valence-corrected chi connectivity index (χ3v) is 4.52. The van der Waals surface area contributed by atoms with Gasteiger partial charge in [-0.1, -0.05) is 42.5 Å². The van der Waals surface area contributed by atoms with E-state index in [4.69, 9.17) is 4.74 Å². The molecule has 0 aliphatic rings. The van der Waals surface area contributed by atoms with Gasteiger partial charge in [-0.2, -0.15) is 0 Å². The molecular formula is C21H28N2O2. The third kappa shape index (κ3) is 5.33. The number of hydrogen-bond donors (Lipinski definition) is 0. The summed E-state index contributed by atoms with van der Waals surface area (Å²) in [4.78, 5) is 16.9. The molecule has 0 aliphatic carbocycles. The minimum absolute atomic E-state index is 0.155. The number of benzene rings is 2. The number of carbonyl (C=O) groups excluding carboxylic acids is 1. The van der Waals surface area contributed by atoms with Gasteiger partial charge in [0.25, 0.3) is 0 Å². The number of likely N-dealkylation sites (N-methyl/N-ethyl adjacent to an activating group) is 2. The zero-order chi connectivity index (χ0) is 18.2. The quantitative estimate of drug-likeness (QED) is 0.736. The van der Waals surface area contributed by atoms with Gasteiger partial charge in [0.05, 0.1) is 13.2 Å². The van der Waals surface area contributed by atoms with Crippen LogP contribution in [0.3, 0.4) is 0 Å². The van der Waals surface area contributed by atoms with Crippen LogP contribution in [0, 0.1) is 0 Å². The average molecular weight is 340 g/mol. The topological polar surface area (TPSA) is 32.8 Å². The van der Waals surface area contributed by atoms with Crippen molar-refractivity contribution in [2.45, 2.75) is 33.0 Å². The van der Waals surface area contributed by atoms with Crippen molar-refractivity contribution in [2.75, 3.05) is 20.7 Å². The van der Waals surface area contributed by atoms with Crippen LogP contribution in [0.1, 0.15) is 25.0 Å². The molecule has 134 valence electrons. The summed E-state index contributed by atoms with van der Waals surface area (Å²) in [5.41, 5.74) is 2.32. The molecule has 0 aliphatic heterocycles. The molecule has 0 aromatic heterocycles. The van der Waals surface area contributed by atoms with Gasteiger partial charge in [-0.05, 0) is 44.2 Å². The van der Waals surface area contributed by atoms with E-state index < -0.39 is 0 Å². The number of methoxy groups -OCH3 is 1. The Bertz CT molecular complexity index is 655. The van der Waals surface area contributed by atoms with Crippen LogP contribution in [-0.2, 0) is 17.9 Å².